The average Bonchev–Trinajstić information content (AvgIpc) is 2.00. The van der Waals surface area contributed by atoms with Crippen molar-refractivity contribution in [3.05, 3.63) is 0 Å². The number of rotatable bonds is 0. The molecule has 1 fully saturated rings. The molecule has 0 aromatic carbocycles. The minimum absolute atomic E-state index is 0. The third kappa shape index (κ3) is 5.21. The van der Waals surface area contributed by atoms with Crippen LogP contribution in [0.5, 0.6) is 0 Å². The molecule has 0 aromatic rings. The number of hydrogen-bond acceptors (Lipinski definition) is 3. The summed E-state index contributed by atoms with van der Waals surface area (Å²) in [6.07, 6.45) is 0. The van der Waals surface area contributed by atoms with E-state index in [1.54, 1.807) is 0 Å². The Hall–Kier alpha value is 0.399. The summed E-state index contributed by atoms with van der Waals surface area (Å²) in [6, 6.07) is 0. The number of nitrogens with one attached hydrogen (secondary N) is 3. The van der Waals surface area contributed by atoms with Crippen LogP contribution in [0, 0.1) is 0 Å². The van der Waals surface area contributed by atoms with Gasteiger partial charge < -0.3 is 16.0 Å². The summed E-state index contributed by atoms with van der Waals surface area (Å²) in [5.41, 5.74) is 0. The average molecular weight is 184 g/mol. The van der Waals surface area contributed by atoms with Crippen LogP contribution in [0.3, 0.4) is 0 Å². The molecule has 0 aromatic heterocycles. The van der Waals surface area contributed by atoms with Crippen molar-refractivity contribution in [2.75, 3.05) is 39.3 Å². The Kier molecular flexibility index (Phi) is 7.81. The van der Waals surface area contributed by atoms with Gasteiger partial charge >= 0.3 is 0 Å². The zero-order valence-corrected chi connectivity index (χ0v) is 7.30. The van der Waals surface area contributed by atoms with Gasteiger partial charge in [-0.15, -0.1) is 0 Å². The van der Waals surface area contributed by atoms with Gasteiger partial charge in [-0.3, -0.25) is 0 Å². The van der Waals surface area contributed by atoms with Crippen LogP contribution in [0.25, 0.3) is 0 Å². The monoisotopic (exact) mass is 184 g/mol. The van der Waals surface area contributed by atoms with Crippen molar-refractivity contribution >= 4 is 0 Å². The second-order valence-electron chi connectivity index (χ2n) is 2.25. The first-order valence-electron chi connectivity index (χ1n) is 3.62. The first kappa shape index (κ1) is 10.4. The third-order valence-electron chi connectivity index (χ3n) is 1.44. The molecule has 0 spiro atoms. The second-order valence-corrected chi connectivity index (χ2v) is 2.25. The van der Waals surface area contributed by atoms with E-state index in [1.165, 1.54) is 0 Å². The maximum atomic E-state index is 3.30. The molecule has 0 saturated carbocycles. The van der Waals surface area contributed by atoms with Gasteiger partial charge in [0, 0.05) is 56.3 Å². The molecule has 4 heteroatoms. The third-order valence-corrected chi connectivity index (χ3v) is 1.44. The van der Waals surface area contributed by atoms with E-state index in [1.807, 2.05) is 0 Å². The van der Waals surface area contributed by atoms with Crippen LogP contribution in [0.2, 0.25) is 0 Å². The molecule has 0 atom stereocenters. The molecule has 1 rings (SSSR count). The fourth-order valence-electron chi connectivity index (χ4n) is 0.905. The summed E-state index contributed by atoms with van der Waals surface area (Å²) in [4.78, 5) is 0. The fraction of sp³-hybridized carbons (Fsp3) is 1.00. The van der Waals surface area contributed by atoms with E-state index >= 15 is 0 Å². The van der Waals surface area contributed by atoms with Gasteiger partial charge in [0.15, 0.2) is 0 Å². The van der Waals surface area contributed by atoms with Crippen LogP contribution < -0.4 is 16.0 Å². The molecule has 1 saturated heterocycles. The Bertz CT molecular complexity index is 41.5. The molecule has 0 aliphatic carbocycles. The molecule has 1 radical (unpaired) electrons. The van der Waals surface area contributed by atoms with Gasteiger partial charge in [-0.1, -0.05) is 0 Å². The second kappa shape index (κ2) is 7.51. The van der Waals surface area contributed by atoms with Crippen molar-refractivity contribution in [2.24, 2.45) is 0 Å². The predicted molar refractivity (Wildman–Crippen MR) is 38.6 cm³/mol. The van der Waals surface area contributed by atoms with Gasteiger partial charge in [-0.25, -0.2) is 0 Å². The van der Waals surface area contributed by atoms with E-state index in [4.69, 9.17) is 0 Å². The Labute approximate surface area is 72.8 Å². The molecule has 1 aliphatic rings. The minimum atomic E-state index is 0. The van der Waals surface area contributed by atoms with E-state index in [0.29, 0.717) is 0 Å². The van der Waals surface area contributed by atoms with Crippen LogP contribution in [-0.4, -0.2) is 39.3 Å². The zero-order valence-electron chi connectivity index (χ0n) is 6.12. The molecule has 0 bridgehead atoms. The normalized spacial score (nSPS) is 21.6. The van der Waals surface area contributed by atoms with Gasteiger partial charge in [-0.05, 0) is 0 Å². The van der Waals surface area contributed by atoms with Gasteiger partial charge in [0.05, 0.1) is 0 Å². The first-order valence-corrected chi connectivity index (χ1v) is 3.62. The van der Waals surface area contributed by atoms with Crippen molar-refractivity contribution in [1.82, 2.24) is 16.0 Å². The van der Waals surface area contributed by atoms with E-state index in [-0.39, 0.29) is 17.1 Å². The maximum Gasteiger partial charge on any atom is 0.00772 e. The Morgan fingerprint density at radius 2 is 0.700 bits per heavy atom. The SMILES string of the molecule is C1CNCCNCCN1.[Mn]. The van der Waals surface area contributed by atoms with Crippen molar-refractivity contribution in [2.45, 2.75) is 0 Å². The molecule has 3 N–H and O–H groups in total. The van der Waals surface area contributed by atoms with E-state index in [2.05, 4.69) is 16.0 Å². The molecular weight excluding hydrogens is 169 g/mol. The fourth-order valence-corrected chi connectivity index (χ4v) is 0.905. The van der Waals surface area contributed by atoms with Gasteiger partial charge in [-0.2, -0.15) is 0 Å². The Balaban J connectivity index is 0.000000810. The van der Waals surface area contributed by atoms with E-state index < -0.39 is 0 Å². The maximum absolute atomic E-state index is 3.30. The smallest absolute Gasteiger partial charge is 0.00772 e. The van der Waals surface area contributed by atoms with Gasteiger partial charge in [0.25, 0.3) is 0 Å². The molecule has 1 aliphatic heterocycles. The van der Waals surface area contributed by atoms with Crippen molar-refractivity contribution in [1.29, 1.82) is 0 Å². The summed E-state index contributed by atoms with van der Waals surface area (Å²) >= 11 is 0. The summed E-state index contributed by atoms with van der Waals surface area (Å²) in [6.45, 7) is 6.59. The van der Waals surface area contributed by atoms with Crippen LogP contribution in [-0.2, 0) is 17.1 Å². The van der Waals surface area contributed by atoms with Crippen LogP contribution in [0.4, 0.5) is 0 Å². The molecule has 10 heavy (non-hydrogen) atoms. The predicted octanol–water partition coefficient (Wildman–Crippen LogP) is -1.23. The molecule has 3 nitrogen and oxygen atoms in total. The van der Waals surface area contributed by atoms with Gasteiger partial charge in [0.2, 0.25) is 0 Å². The molecule has 1 heterocycles. The molecule has 61 valence electrons. The van der Waals surface area contributed by atoms with Gasteiger partial charge in [0.1, 0.15) is 0 Å². The topological polar surface area (TPSA) is 36.1 Å². The van der Waals surface area contributed by atoms with Crippen LogP contribution in [0.15, 0.2) is 0 Å². The standard InChI is InChI=1S/C6H15N3.Mn/c1-2-8-5-6-9-4-3-7-1;/h7-9H,1-6H2;. The Morgan fingerprint density at radius 1 is 0.500 bits per heavy atom. The van der Waals surface area contributed by atoms with E-state index in [0.717, 1.165) is 39.3 Å². The van der Waals surface area contributed by atoms with Crippen molar-refractivity contribution in [3.8, 4) is 0 Å². The zero-order chi connectivity index (χ0) is 6.36. The van der Waals surface area contributed by atoms with Crippen LogP contribution in [0.1, 0.15) is 0 Å². The largest absolute Gasteiger partial charge is 0.314 e. The van der Waals surface area contributed by atoms with Crippen molar-refractivity contribution in [3.63, 3.8) is 0 Å². The quantitative estimate of drug-likeness (QED) is 0.412. The van der Waals surface area contributed by atoms with E-state index in [9.17, 15) is 0 Å². The summed E-state index contributed by atoms with van der Waals surface area (Å²) in [5.74, 6) is 0. The summed E-state index contributed by atoms with van der Waals surface area (Å²) in [5, 5.41) is 9.91. The number of hydrogen-bond donors (Lipinski definition) is 3. The van der Waals surface area contributed by atoms with Crippen LogP contribution >= 0.6 is 0 Å². The van der Waals surface area contributed by atoms with Crippen molar-refractivity contribution < 1.29 is 17.1 Å². The molecule has 0 unspecified atom stereocenters. The minimum Gasteiger partial charge on any atom is -0.314 e. The molecule has 0 amide bonds. The summed E-state index contributed by atoms with van der Waals surface area (Å²) in [7, 11) is 0. The first-order chi connectivity index (χ1) is 4.50. The Morgan fingerprint density at radius 3 is 0.900 bits per heavy atom. The molecular formula is C6H15MnN3. The summed E-state index contributed by atoms with van der Waals surface area (Å²) < 4.78 is 0.